The highest BCUT2D eigenvalue weighted by atomic mass is 35.5. The van der Waals surface area contributed by atoms with Gasteiger partial charge in [0.2, 0.25) is 0 Å². The number of benzene rings is 3. The van der Waals surface area contributed by atoms with Crippen molar-refractivity contribution >= 4 is 17.3 Å². The molecule has 3 rings (SSSR count). The molecule has 0 unspecified atom stereocenters. The van der Waals surface area contributed by atoms with Gasteiger partial charge in [-0.3, -0.25) is 0 Å². The van der Waals surface area contributed by atoms with Gasteiger partial charge in [0.1, 0.15) is 12.4 Å². The molecule has 0 saturated heterocycles. The second-order valence-electron chi connectivity index (χ2n) is 5.25. The first kappa shape index (κ1) is 15.4. The molecule has 1 N–H and O–H groups in total. The van der Waals surface area contributed by atoms with Crippen LogP contribution in [0.4, 0.5) is 5.69 Å². The Morgan fingerprint density at radius 2 is 1.61 bits per heavy atom. The Labute approximate surface area is 141 Å². The zero-order valence-electron chi connectivity index (χ0n) is 12.7. The van der Waals surface area contributed by atoms with E-state index in [2.05, 4.69) is 17.4 Å². The summed E-state index contributed by atoms with van der Waals surface area (Å²) in [4.78, 5) is 0. The van der Waals surface area contributed by atoms with Crippen LogP contribution in [0, 0.1) is 0 Å². The minimum Gasteiger partial charge on any atom is -0.489 e. The van der Waals surface area contributed by atoms with Crippen LogP contribution < -0.4 is 10.1 Å². The summed E-state index contributed by atoms with van der Waals surface area (Å²) in [5.41, 5.74) is 3.24. The highest BCUT2D eigenvalue weighted by Crippen LogP contribution is 2.21. The van der Waals surface area contributed by atoms with Crippen molar-refractivity contribution in [1.82, 2.24) is 0 Å². The number of halogens is 1. The van der Waals surface area contributed by atoms with E-state index < -0.39 is 0 Å². The lowest BCUT2D eigenvalue weighted by atomic mass is 10.2. The van der Waals surface area contributed by atoms with Gasteiger partial charge in [0.25, 0.3) is 0 Å². The molecule has 2 nitrogen and oxygen atoms in total. The van der Waals surface area contributed by atoms with E-state index in [1.54, 1.807) is 0 Å². The average molecular weight is 324 g/mol. The Kier molecular flexibility index (Phi) is 5.17. The predicted octanol–water partition coefficient (Wildman–Crippen LogP) is 5.53. The summed E-state index contributed by atoms with van der Waals surface area (Å²) in [6, 6.07) is 25.9. The summed E-state index contributed by atoms with van der Waals surface area (Å²) in [5, 5.41) is 4.15. The Morgan fingerprint density at radius 3 is 2.43 bits per heavy atom. The molecule has 3 aromatic carbocycles. The Morgan fingerprint density at radius 1 is 0.826 bits per heavy atom. The fraction of sp³-hybridized carbons (Fsp3) is 0.100. The van der Waals surface area contributed by atoms with E-state index >= 15 is 0 Å². The molecule has 0 saturated carbocycles. The van der Waals surface area contributed by atoms with Gasteiger partial charge in [0.05, 0.1) is 0 Å². The van der Waals surface area contributed by atoms with Crippen molar-refractivity contribution in [2.24, 2.45) is 0 Å². The molecule has 0 spiro atoms. The monoisotopic (exact) mass is 323 g/mol. The standard InChI is InChI=1S/C20H18ClNO/c21-20-12-5-4-9-17(20)14-22-18-10-6-11-19(13-18)23-15-16-7-2-1-3-8-16/h1-13,22H,14-15H2. The molecule has 3 heteroatoms. The van der Waals surface area contributed by atoms with Crippen molar-refractivity contribution in [1.29, 1.82) is 0 Å². The second-order valence-corrected chi connectivity index (χ2v) is 5.65. The van der Waals surface area contributed by atoms with Gasteiger partial charge in [-0.2, -0.15) is 0 Å². The summed E-state index contributed by atoms with van der Waals surface area (Å²) < 4.78 is 5.84. The van der Waals surface area contributed by atoms with E-state index in [0.717, 1.165) is 27.6 Å². The van der Waals surface area contributed by atoms with Crippen molar-refractivity contribution < 1.29 is 4.74 Å². The first-order valence-electron chi connectivity index (χ1n) is 7.55. The number of ether oxygens (including phenoxy) is 1. The SMILES string of the molecule is Clc1ccccc1CNc1cccc(OCc2ccccc2)c1. The molecule has 0 heterocycles. The van der Waals surface area contributed by atoms with Gasteiger partial charge in [-0.25, -0.2) is 0 Å². The second kappa shape index (κ2) is 7.70. The van der Waals surface area contributed by atoms with Gasteiger partial charge in [-0.05, 0) is 29.3 Å². The topological polar surface area (TPSA) is 21.3 Å². The van der Waals surface area contributed by atoms with Crippen molar-refractivity contribution in [3.63, 3.8) is 0 Å². The third kappa shape index (κ3) is 4.51. The van der Waals surface area contributed by atoms with Crippen LogP contribution in [0.3, 0.4) is 0 Å². The minimum absolute atomic E-state index is 0.564. The van der Waals surface area contributed by atoms with Gasteiger partial charge in [0.15, 0.2) is 0 Å². The lowest BCUT2D eigenvalue weighted by Gasteiger charge is -2.11. The van der Waals surface area contributed by atoms with E-state index in [9.17, 15) is 0 Å². The molecule has 0 bridgehead atoms. The van der Waals surface area contributed by atoms with Gasteiger partial charge in [-0.15, -0.1) is 0 Å². The van der Waals surface area contributed by atoms with Gasteiger partial charge in [0, 0.05) is 23.3 Å². The molecule has 0 aliphatic heterocycles. The fourth-order valence-electron chi connectivity index (χ4n) is 2.28. The van der Waals surface area contributed by atoms with E-state index in [-0.39, 0.29) is 0 Å². The van der Waals surface area contributed by atoms with E-state index in [4.69, 9.17) is 16.3 Å². The van der Waals surface area contributed by atoms with Crippen molar-refractivity contribution in [3.05, 3.63) is 95.0 Å². The van der Waals surface area contributed by atoms with E-state index in [0.29, 0.717) is 13.2 Å². The maximum Gasteiger partial charge on any atom is 0.121 e. The molecule has 0 fully saturated rings. The maximum atomic E-state index is 6.17. The fourth-order valence-corrected chi connectivity index (χ4v) is 2.48. The zero-order valence-corrected chi connectivity index (χ0v) is 13.5. The van der Waals surface area contributed by atoms with Crippen LogP contribution in [0.25, 0.3) is 0 Å². The first-order chi connectivity index (χ1) is 11.3. The van der Waals surface area contributed by atoms with Crippen LogP contribution in [0.15, 0.2) is 78.9 Å². The number of anilines is 1. The van der Waals surface area contributed by atoms with Crippen molar-refractivity contribution in [3.8, 4) is 5.75 Å². The largest absolute Gasteiger partial charge is 0.489 e. The van der Waals surface area contributed by atoms with Crippen LogP contribution in [-0.2, 0) is 13.2 Å². The van der Waals surface area contributed by atoms with Crippen LogP contribution in [0.2, 0.25) is 5.02 Å². The van der Waals surface area contributed by atoms with Crippen LogP contribution in [-0.4, -0.2) is 0 Å². The minimum atomic E-state index is 0.564. The van der Waals surface area contributed by atoms with Gasteiger partial charge < -0.3 is 10.1 Å². The van der Waals surface area contributed by atoms with Crippen molar-refractivity contribution in [2.45, 2.75) is 13.2 Å². The quantitative estimate of drug-likeness (QED) is 0.644. The molecular weight excluding hydrogens is 306 g/mol. The lowest BCUT2D eigenvalue weighted by Crippen LogP contribution is -2.01. The maximum absolute atomic E-state index is 6.17. The number of hydrogen-bond donors (Lipinski definition) is 1. The summed E-state index contributed by atoms with van der Waals surface area (Å²) in [7, 11) is 0. The molecule has 116 valence electrons. The number of hydrogen-bond acceptors (Lipinski definition) is 2. The highest BCUT2D eigenvalue weighted by molar-refractivity contribution is 6.31. The Bertz CT molecular complexity index is 758. The Hall–Kier alpha value is -2.45. The third-order valence-electron chi connectivity index (χ3n) is 3.52. The molecule has 0 aliphatic carbocycles. The summed E-state index contributed by atoms with van der Waals surface area (Å²) in [6.45, 7) is 1.25. The van der Waals surface area contributed by atoms with E-state index in [1.165, 1.54) is 0 Å². The molecule has 0 amide bonds. The molecule has 23 heavy (non-hydrogen) atoms. The predicted molar refractivity (Wildman–Crippen MR) is 96.0 cm³/mol. The van der Waals surface area contributed by atoms with Gasteiger partial charge >= 0.3 is 0 Å². The van der Waals surface area contributed by atoms with Crippen molar-refractivity contribution in [2.75, 3.05) is 5.32 Å². The molecule has 0 atom stereocenters. The van der Waals surface area contributed by atoms with Crippen LogP contribution in [0.5, 0.6) is 5.75 Å². The Balaban J connectivity index is 1.60. The van der Waals surface area contributed by atoms with Crippen LogP contribution >= 0.6 is 11.6 Å². The summed E-state index contributed by atoms with van der Waals surface area (Å²) in [5.74, 6) is 0.845. The molecule has 3 aromatic rings. The highest BCUT2D eigenvalue weighted by Gasteiger charge is 2.01. The molecule has 0 aliphatic rings. The van der Waals surface area contributed by atoms with E-state index in [1.807, 2.05) is 66.7 Å². The van der Waals surface area contributed by atoms with Gasteiger partial charge in [-0.1, -0.05) is 66.2 Å². The third-order valence-corrected chi connectivity index (χ3v) is 3.89. The summed E-state index contributed by atoms with van der Waals surface area (Å²) >= 11 is 6.17. The molecular formula is C20H18ClNO. The number of rotatable bonds is 6. The smallest absolute Gasteiger partial charge is 0.121 e. The summed E-state index contributed by atoms with van der Waals surface area (Å²) in [6.07, 6.45) is 0. The number of nitrogens with one attached hydrogen (secondary N) is 1. The van der Waals surface area contributed by atoms with Crippen LogP contribution in [0.1, 0.15) is 11.1 Å². The molecule has 0 radical (unpaired) electrons. The first-order valence-corrected chi connectivity index (χ1v) is 7.93. The average Bonchev–Trinajstić information content (AvgIpc) is 2.61. The lowest BCUT2D eigenvalue weighted by molar-refractivity contribution is 0.306. The molecule has 0 aromatic heterocycles. The normalized spacial score (nSPS) is 10.3. The zero-order chi connectivity index (χ0) is 15.9.